The van der Waals surface area contributed by atoms with Gasteiger partial charge in [-0.3, -0.25) is 0 Å². The molecule has 0 saturated carbocycles. The predicted octanol–water partition coefficient (Wildman–Crippen LogP) is 3.29. The molecule has 0 unspecified atom stereocenters. The molecular weight excluding hydrogens is 390 g/mol. The van der Waals surface area contributed by atoms with Gasteiger partial charge in [0.2, 0.25) is 0 Å². The van der Waals surface area contributed by atoms with Gasteiger partial charge in [0.25, 0.3) is 0 Å². The van der Waals surface area contributed by atoms with Crippen molar-refractivity contribution in [3.8, 4) is 0 Å². The number of rotatable bonds is 4. The maximum atomic E-state index is 10.5. The minimum Gasteiger partial charge on any atom is -0.458 e. The number of nitrogens with zero attached hydrogens (tertiary/aromatic N) is 3. The SMILES string of the molecule is [N-]=[N+]=NC(=O)OCCOCC(Br)(Br)Br. The first-order chi connectivity index (χ1) is 6.45. The Morgan fingerprint density at radius 1 is 1.43 bits per heavy atom. The summed E-state index contributed by atoms with van der Waals surface area (Å²) in [5.41, 5.74) is 7.85. The van der Waals surface area contributed by atoms with Gasteiger partial charge in [0, 0.05) is 10.0 Å². The summed E-state index contributed by atoms with van der Waals surface area (Å²) < 4.78 is 9.07. The molecule has 0 N–H and O–H groups in total. The Kier molecular flexibility index (Phi) is 7.56. The average Bonchev–Trinajstić information content (AvgIpc) is 2.02. The molecule has 0 heterocycles. The highest BCUT2D eigenvalue weighted by molar-refractivity contribution is 9.39. The quantitative estimate of drug-likeness (QED) is 0.241. The van der Waals surface area contributed by atoms with Gasteiger partial charge in [-0.05, 0) is 5.53 Å². The van der Waals surface area contributed by atoms with Crippen LogP contribution in [0.15, 0.2) is 5.11 Å². The van der Waals surface area contributed by atoms with E-state index in [-0.39, 0.29) is 13.2 Å². The molecule has 0 aliphatic rings. The molecule has 0 aliphatic carbocycles. The molecule has 6 nitrogen and oxygen atoms in total. The Hall–Kier alpha value is 0.180. The number of azide groups is 1. The summed E-state index contributed by atoms with van der Waals surface area (Å²) in [7, 11) is 0. The topological polar surface area (TPSA) is 84.3 Å². The molecule has 0 aliphatic heterocycles. The van der Waals surface area contributed by atoms with E-state index in [4.69, 9.17) is 10.3 Å². The van der Waals surface area contributed by atoms with Crippen LogP contribution in [0.4, 0.5) is 4.79 Å². The van der Waals surface area contributed by atoms with Gasteiger partial charge in [-0.15, -0.1) is 0 Å². The highest BCUT2D eigenvalue weighted by Crippen LogP contribution is 2.33. The molecule has 0 atom stereocenters. The largest absolute Gasteiger partial charge is 0.458 e. The van der Waals surface area contributed by atoms with Crippen LogP contribution in [0.3, 0.4) is 0 Å². The van der Waals surface area contributed by atoms with E-state index in [9.17, 15) is 4.79 Å². The van der Waals surface area contributed by atoms with Crippen molar-refractivity contribution < 1.29 is 14.3 Å². The molecule has 0 aromatic heterocycles. The summed E-state index contributed by atoms with van der Waals surface area (Å²) in [6.07, 6.45) is -0.959. The maximum absolute atomic E-state index is 10.5. The van der Waals surface area contributed by atoms with E-state index in [1.165, 1.54) is 0 Å². The van der Waals surface area contributed by atoms with E-state index in [1.807, 2.05) is 0 Å². The number of carbonyl (C=O) groups is 1. The van der Waals surface area contributed by atoms with Crippen molar-refractivity contribution in [1.82, 2.24) is 0 Å². The Labute approximate surface area is 105 Å². The normalized spacial score (nSPS) is 10.5. The summed E-state index contributed by atoms with van der Waals surface area (Å²) in [6.45, 7) is 0.601. The molecule has 14 heavy (non-hydrogen) atoms. The number of hydrogen-bond acceptors (Lipinski definition) is 3. The molecule has 1 amide bonds. The number of halogens is 3. The average molecular weight is 396 g/mol. The van der Waals surface area contributed by atoms with Crippen molar-refractivity contribution >= 4 is 53.9 Å². The first-order valence-electron chi connectivity index (χ1n) is 3.32. The van der Waals surface area contributed by atoms with Crippen LogP contribution in [0, 0.1) is 0 Å². The van der Waals surface area contributed by atoms with Gasteiger partial charge in [-0.1, -0.05) is 47.8 Å². The fourth-order valence-corrected chi connectivity index (χ4v) is 0.927. The maximum Gasteiger partial charge on any atom is 0.396 e. The Balaban J connectivity index is 3.39. The monoisotopic (exact) mass is 393 g/mol. The zero-order chi connectivity index (χ0) is 11.0. The summed E-state index contributed by atoms with van der Waals surface area (Å²) in [5.74, 6) is 0. The minimum absolute atomic E-state index is 0.0426. The lowest BCUT2D eigenvalue weighted by molar-refractivity contribution is 0.0817. The van der Waals surface area contributed by atoms with Gasteiger partial charge in [-0.25, -0.2) is 4.79 Å². The Bertz CT molecular complexity index is 236. The third-order valence-corrected chi connectivity index (χ3v) is 1.53. The Morgan fingerprint density at radius 3 is 2.57 bits per heavy atom. The van der Waals surface area contributed by atoms with Crippen molar-refractivity contribution in [3.05, 3.63) is 10.4 Å². The first kappa shape index (κ1) is 14.2. The van der Waals surface area contributed by atoms with Crippen LogP contribution in [-0.2, 0) is 9.47 Å². The first-order valence-corrected chi connectivity index (χ1v) is 5.70. The van der Waals surface area contributed by atoms with Crippen LogP contribution >= 0.6 is 47.8 Å². The minimum atomic E-state index is -0.959. The van der Waals surface area contributed by atoms with Crippen LogP contribution < -0.4 is 0 Å². The van der Waals surface area contributed by atoms with Gasteiger partial charge in [0.15, 0.2) is 2.14 Å². The summed E-state index contributed by atoms with van der Waals surface area (Å²) in [6, 6.07) is 0. The molecule has 0 saturated heterocycles. The van der Waals surface area contributed by atoms with Crippen molar-refractivity contribution in [3.63, 3.8) is 0 Å². The smallest absolute Gasteiger partial charge is 0.396 e. The van der Waals surface area contributed by atoms with Gasteiger partial charge >= 0.3 is 6.09 Å². The number of amides is 1. The van der Waals surface area contributed by atoms with E-state index in [1.54, 1.807) is 0 Å². The van der Waals surface area contributed by atoms with Crippen molar-refractivity contribution in [2.75, 3.05) is 19.8 Å². The van der Waals surface area contributed by atoms with E-state index in [2.05, 4.69) is 62.6 Å². The molecule has 0 spiro atoms. The molecule has 0 bridgehead atoms. The molecule has 9 heteroatoms. The van der Waals surface area contributed by atoms with E-state index < -0.39 is 8.24 Å². The lowest BCUT2D eigenvalue weighted by Crippen LogP contribution is -2.15. The standard InChI is InChI=1S/C5H6Br3N3O3/c6-5(7,8)3-13-1-2-14-4(12)10-11-9/h1-3H2. The van der Waals surface area contributed by atoms with E-state index in [0.29, 0.717) is 6.61 Å². The predicted molar refractivity (Wildman–Crippen MR) is 60.8 cm³/mol. The molecule has 0 rings (SSSR count). The second-order valence-corrected chi connectivity index (χ2v) is 9.23. The lowest BCUT2D eigenvalue weighted by atomic mass is 10.7. The van der Waals surface area contributed by atoms with Crippen LogP contribution in [-0.4, -0.2) is 28.1 Å². The van der Waals surface area contributed by atoms with Crippen molar-refractivity contribution in [2.24, 2.45) is 5.11 Å². The summed E-state index contributed by atoms with van der Waals surface area (Å²) in [4.78, 5) is 12.7. The van der Waals surface area contributed by atoms with Crippen LogP contribution in [0.2, 0.25) is 0 Å². The fourth-order valence-electron chi connectivity index (χ4n) is 0.441. The Morgan fingerprint density at radius 2 is 2.07 bits per heavy atom. The number of hydrogen-bond donors (Lipinski definition) is 0. The molecule has 0 fully saturated rings. The zero-order valence-corrected chi connectivity index (χ0v) is 11.6. The zero-order valence-electron chi connectivity index (χ0n) is 6.82. The molecule has 80 valence electrons. The van der Waals surface area contributed by atoms with Crippen LogP contribution in [0.1, 0.15) is 0 Å². The number of ether oxygens (including phenoxy) is 2. The van der Waals surface area contributed by atoms with Gasteiger partial charge in [-0.2, -0.15) is 0 Å². The molecule has 0 aromatic rings. The van der Waals surface area contributed by atoms with Crippen molar-refractivity contribution in [2.45, 2.75) is 2.14 Å². The van der Waals surface area contributed by atoms with E-state index >= 15 is 0 Å². The van der Waals surface area contributed by atoms with Gasteiger partial charge in [0.05, 0.1) is 13.2 Å². The summed E-state index contributed by atoms with van der Waals surface area (Å²) in [5, 5.41) is 2.71. The number of carbonyl (C=O) groups excluding carboxylic acids is 1. The van der Waals surface area contributed by atoms with Crippen LogP contribution in [0.25, 0.3) is 10.4 Å². The second-order valence-electron chi connectivity index (χ2n) is 1.97. The molecule has 0 aromatic carbocycles. The molecular formula is C5H6Br3N3O3. The number of alkyl halides is 3. The highest BCUT2D eigenvalue weighted by Gasteiger charge is 2.17. The lowest BCUT2D eigenvalue weighted by Gasteiger charge is -2.11. The van der Waals surface area contributed by atoms with E-state index in [0.717, 1.165) is 0 Å². The van der Waals surface area contributed by atoms with Crippen molar-refractivity contribution in [1.29, 1.82) is 0 Å². The molecule has 0 radical (unpaired) electrons. The summed E-state index contributed by atoms with van der Waals surface area (Å²) >= 11 is 9.66. The fraction of sp³-hybridized carbons (Fsp3) is 0.800. The van der Waals surface area contributed by atoms with Crippen LogP contribution in [0.5, 0.6) is 0 Å². The van der Waals surface area contributed by atoms with Gasteiger partial charge in [0.1, 0.15) is 6.61 Å². The second kappa shape index (κ2) is 7.47. The highest BCUT2D eigenvalue weighted by atomic mass is 80.0. The van der Waals surface area contributed by atoms with Gasteiger partial charge < -0.3 is 9.47 Å². The third-order valence-electron chi connectivity index (χ3n) is 0.845. The third kappa shape index (κ3) is 10.3.